The number of nitrogens with zero attached hydrogens (tertiary/aromatic N) is 1. The number of ether oxygens (including phenoxy) is 1. The molecule has 1 amide bonds. The normalized spacial score (nSPS) is 15.9. The van der Waals surface area contributed by atoms with Crippen molar-refractivity contribution in [2.45, 2.75) is 19.4 Å². The summed E-state index contributed by atoms with van der Waals surface area (Å²) in [6, 6.07) is 24.3. The largest absolute Gasteiger partial charge is 0.503 e. The molecule has 0 radical (unpaired) electrons. The van der Waals surface area contributed by atoms with Crippen LogP contribution in [0.3, 0.4) is 0 Å². The fourth-order valence-electron chi connectivity index (χ4n) is 4.20. The summed E-state index contributed by atoms with van der Waals surface area (Å²) in [7, 11) is 0. The average Bonchev–Trinajstić information content (AvgIpc) is 3.42. The Labute approximate surface area is 196 Å². The van der Waals surface area contributed by atoms with Crippen LogP contribution in [0.15, 0.2) is 101 Å². The van der Waals surface area contributed by atoms with E-state index in [1.54, 1.807) is 48.5 Å². The molecule has 0 aliphatic carbocycles. The molecule has 1 aliphatic rings. The first kappa shape index (κ1) is 21.5. The number of anilines is 1. The lowest BCUT2D eigenvalue weighted by Crippen LogP contribution is -2.31. The molecule has 5 rings (SSSR count). The third kappa shape index (κ3) is 3.73. The van der Waals surface area contributed by atoms with Gasteiger partial charge >= 0.3 is 0 Å². The summed E-state index contributed by atoms with van der Waals surface area (Å²) in [5.41, 5.74) is 1.78. The quantitative estimate of drug-likeness (QED) is 0.347. The van der Waals surface area contributed by atoms with Gasteiger partial charge in [0.2, 0.25) is 5.78 Å². The lowest BCUT2D eigenvalue weighted by Gasteiger charge is -2.26. The van der Waals surface area contributed by atoms with Gasteiger partial charge < -0.3 is 14.3 Å². The van der Waals surface area contributed by atoms with Crippen molar-refractivity contribution in [3.05, 3.63) is 108 Å². The highest BCUT2D eigenvalue weighted by Crippen LogP contribution is 2.42. The summed E-state index contributed by atoms with van der Waals surface area (Å²) >= 11 is 0. The van der Waals surface area contributed by atoms with E-state index < -0.39 is 23.5 Å². The zero-order chi connectivity index (χ0) is 23.7. The van der Waals surface area contributed by atoms with Gasteiger partial charge in [0.15, 0.2) is 11.5 Å². The van der Waals surface area contributed by atoms with Gasteiger partial charge in [-0.2, -0.15) is 0 Å². The maximum absolute atomic E-state index is 13.6. The van der Waals surface area contributed by atoms with E-state index in [2.05, 4.69) is 0 Å². The van der Waals surface area contributed by atoms with Gasteiger partial charge in [0.05, 0.1) is 18.2 Å². The highest BCUT2D eigenvalue weighted by Gasteiger charge is 2.45. The maximum atomic E-state index is 13.6. The fraction of sp³-hybridized carbons (Fsp3) is 0.143. The third-order valence-corrected chi connectivity index (χ3v) is 5.81. The number of ketones is 1. The minimum absolute atomic E-state index is 0.0184. The van der Waals surface area contributed by atoms with Gasteiger partial charge in [-0.25, -0.2) is 0 Å². The van der Waals surface area contributed by atoms with Gasteiger partial charge in [0.25, 0.3) is 5.91 Å². The van der Waals surface area contributed by atoms with Crippen molar-refractivity contribution >= 4 is 28.3 Å². The molecule has 1 N–H and O–H groups in total. The SMILES string of the molecule is CCCOc1ccc(C2C(C(=O)c3cc4ccccc4o3)=C(O)C(=O)N2c2ccccc2)cc1. The number of rotatable bonds is 7. The minimum atomic E-state index is -0.823. The predicted molar refractivity (Wildman–Crippen MR) is 129 cm³/mol. The summed E-state index contributed by atoms with van der Waals surface area (Å²) in [5, 5.41) is 11.7. The van der Waals surface area contributed by atoms with Crippen LogP contribution >= 0.6 is 0 Å². The molecule has 34 heavy (non-hydrogen) atoms. The van der Waals surface area contributed by atoms with Crippen molar-refractivity contribution in [1.29, 1.82) is 0 Å². The van der Waals surface area contributed by atoms with Gasteiger partial charge in [0.1, 0.15) is 11.3 Å². The Kier molecular flexibility index (Phi) is 5.64. The summed E-state index contributed by atoms with van der Waals surface area (Å²) in [5.74, 6) is -0.984. The Morgan fingerprint density at radius 1 is 1.00 bits per heavy atom. The number of hydrogen-bond donors (Lipinski definition) is 1. The number of carbonyl (C=O) groups is 2. The number of carbonyl (C=O) groups excluding carboxylic acids is 2. The second-order valence-electron chi connectivity index (χ2n) is 8.07. The maximum Gasteiger partial charge on any atom is 0.294 e. The van der Waals surface area contributed by atoms with E-state index in [9.17, 15) is 14.7 Å². The Hall–Kier alpha value is -4.32. The Bertz CT molecular complexity index is 1350. The molecule has 0 fully saturated rings. The second-order valence-corrected chi connectivity index (χ2v) is 8.07. The smallest absolute Gasteiger partial charge is 0.294 e. The number of fused-ring (bicyclic) bond motifs is 1. The number of aliphatic hydroxyl groups excluding tert-OH is 1. The number of aliphatic hydroxyl groups is 1. The van der Waals surface area contributed by atoms with E-state index in [4.69, 9.17) is 9.15 Å². The van der Waals surface area contributed by atoms with Crippen LogP contribution in [0.4, 0.5) is 5.69 Å². The molecule has 6 heteroatoms. The van der Waals surface area contributed by atoms with Crippen LogP contribution in [-0.2, 0) is 4.79 Å². The lowest BCUT2D eigenvalue weighted by atomic mass is 9.94. The molecular weight excluding hydrogens is 430 g/mol. The van der Waals surface area contributed by atoms with E-state index in [1.807, 2.05) is 43.3 Å². The number of benzene rings is 3. The molecule has 0 saturated heterocycles. The number of hydrogen-bond acceptors (Lipinski definition) is 5. The monoisotopic (exact) mass is 453 g/mol. The number of furan rings is 1. The highest BCUT2D eigenvalue weighted by molar-refractivity contribution is 6.20. The first-order valence-corrected chi connectivity index (χ1v) is 11.2. The summed E-state index contributed by atoms with van der Waals surface area (Å²) < 4.78 is 11.4. The van der Waals surface area contributed by atoms with Crippen LogP contribution in [0.2, 0.25) is 0 Å². The van der Waals surface area contributed by atoms with Gasteiger partial charge in [-0.15, -0.1) is 0 Å². The molecule has 1 atom stereocenters. The zero-order valence-corrected chi connectivity index (χ0v) is 18.6. The third-order valence-electron chi connectivity index (χ3n) is 5.81. The van der Waals surface area contributed by atoms with Crippen LogP contribution < -0.4 is 9.64 Å². The molecule has 3 aromatic carbocycles. The van der Waals surface area contributed by atoms with Gasteiger partial charge in [-0.3, -0.25) is 14.5 Å². The van der Waals surface area contributed by atoms with Gasteiger partial charge in [-0.1, -0.05) is 55.5 Å². The first-order valence-electron chi connectivity index (χ1n) is 11.2. The van der Waals surface area contributed by atoms with Gasteiger partial charge in [-0.05, 0) is 48.4 Å². The molecule has 1 unspecified atom stereocenters. The van der Waals surface area contributed by atoms with Crippen molar-refractivity contribution in [3.8, 4) is 5.75 Å². The molecule has 1 aromatic heterocycles. The first-order chi connectivity index (χ1) is 16.6. The molecule has 0 spiro atoms. The Morgan fingerprint density at radius 3 is 2.41 bits per heavy atom. The number of amides is 1. The van der Waals surface area contributed by atoms with Crippen LogP contribution in [0, 0.1) is 0 Å². The topological polar surface area (TPSA) is 80.0 Å². The Balaban J connectivity index is 1.60. The standard InChI is InChI=1S/C28H23NO5/c1-2-16-33-21-14-12-18(13-15-21)25-24(26(30)23-17-19-8-6-7-11-22(19)34-23)27(31)28(32)29(25)20-9-4-3-5-10-20/h3-15,17,25,31H,2,16H2,1H3. The predicted octanol–water partition coefficient (Wildman–Crippen LogP) is 6.00. The number of Topliss-reactive ketones (excluding diaryl/α,β-unsaturated/α-hetero) is 1. The van der Waals surface area contributed by atoms with Gasteiger partial charge in [0, 0.05) is 11.1 Å². The molecule has 0 saturated carbocycles. The summed E-state index contributed by atoms with van der Waals surface area (Å²) in [4.78, 5) is 28.3. The molecule has 1 aliphatic heterocycles. The minimum Gasteiger partial charge on any atom is -0.503 e. The second kappa shape index (κ2) is 8.90. The van der Waals surface area contributed by atoms with Crippen molar-refractivity contribution in [2.24, 2.45) is 0 Å². The van der Waals surface area contributed by atoms with Crippen molar-refractivity contribution < 1.29 is 23.8 Å². The van der Waals surface area contributed by atoms with E-state index >= 15 is 0 Å². The summed E-state index contributed by atoms with van der Waals surface area (Å²) in [6.07, 6.45) is 0.882. The van der Waals surface area contributed by atoms with Crippen molar-refractivity contribution in [2.75, 3.05) is 11.5 Å². The zero-order valence-electron chi connectivity index (χ0n) is 18.6. The fourth-order valence-corrected chi connectivity index (χ4v) is 4.20. The number of para-hydroxylation sites is 2. The lowest BCUT2D eigenvalue weighted by molar-refractivity contribution is -0.117. The highest BCUT2D eigenvalue weighted by atomic mass is 16.5. The average molecular weight is 453 g/mol. The molecule has 170 valence electrons. The van der Waals surface area contributed by atoms with Crippen molar-refractivity contribution in [1.82, 2.24) is 0 Å². The van der Waals surface area contributed by atoms with Crippen LogP contribution in [0.25, 0.3) is 11.0 Å². The summed E-state index contributed by atoms with van der Waals surface area (Å²) in [6.45, 7) is 2.62. The van der Waals surface area contributed by atoms with E-state index in [1.165, 1.54) is 4.90 Å². The molecule has 4 aromatic rings. The molecular formula is C28H23NO5. The van der Waals surface area contributed by atoms with Crippen molar-refractivity contribution in [3.63, 3.8) is 0 Å². The Morgan fingerprint density at radius 2 is 1.71 bits per heavy atom. The van der Waals surface area contributed by atoms with E-state index in [-0.39, 0.29) is 11.3 Å². The molecule has 6 nitrogen and oxygen atoms in total. The molecule has 2 heterocycles. The van der Waals surface area contributed by atoms with E-state index in [0.717, 1.165) is 11.8 Å². The van der Waals surface area contributed by atoms with E-state index in [0.29, 0.717) is 29.2 Å². The molecule has 0 bridgehead atoms. The van der Waals surface area contributed by atoms with Crippen LogP contribution in [-0.4, -0.2) is 23.4 Å². The van der Waals surface area contributed by atoms with Crippen LogP contribution in [0.1, 0.15) is 35.5 Å². The van der Waals surface area contributed by atoms with Crippen LogP contribution in [0.5, 0.6) is 5.75 Å².